The highest BCUT2D eigenvalue weighted by Crippen LogP contribution is 2.40. The van der Waals surface area contributed by atoms with Gasteiger partial charge in [0.2, 0.25) is 5.91 Å². The van der Waals surface area contributed by atoms with Gasteiger partial charge in [0.15, 0.2) is 5.16 Å². The fourth-order valence-electron chi connectivity index (χ4n) is 4.11. The van der Waals surface area contributed by atoms with Crippen molar-refractivity contribution in [3.63, 3.8) is 0 Å². The number of nitrogens with zero attached hydrogens (tertiary/aromatic N) is 3. The molecule has 0 radical (unpaired) electrons. The number of hydrogen-bond donors (Lipinski definition) is 1. The van der Waals surface area contributed by atoms with E-state index in [1.165, 1.54) is 30.2 Å². The van der Waals surface area contributed by atoms with Crippen LogP contribution in [0.5, 0.6) is 5.75 Å². The number of halogens is 2. The van der Waals surface area contributed by atoms with Crippen LogP contribution in [0.2, 0.25) is 10.0 Å². The van der Waals surface area contributed by atoms with Crippen LogP contribution in [-0.2, 0) is 22.5 Å². The molecule has 210 valence electrons. The summed E-state index contributed by atoms with van der Waals surface area (Å²) >= 11 is 14.7. The lowest BCUT2D eigenvalue weighted by Crippen LogP contribution is -2.16. The topological polar surface area (TPSA) is 95.3 Å². The number of hydrogen-bond acceptors (Lipinski definition) is 8. The van der Waals surface area contributed by atoms with Crippen LogP contribution in [-0.4, -0.2) is 46.1 Å². The zero-order valence-electron chi connectivity index (χ0n) is 22.2. The number of ether oxygens (including phenoxy) is 2. The molecule has 0 spiro atoms. The Kier molecular flexibility index (Phi) is 10.5. The molecule has 4 rings (SSSR count). The lowest BCUT2D eigenvalue weighted by Gasteiger charge is -2.10. The fraction of sp³-hybridized carbons (Fsp3) is 0.286. The predicted octanol–water partition coefficient (Wildman–Crippen LogP) is 7.17. The summed E-state index contributed by atoms with van der Waals surface area (Å²) in [5, 5.41) is 13.6. The minimum absolute atomic E-state index is 0.106. The minimum atomic E-state index is -0.496. The van der Waals surface area contributed by atoms with Gasteiger partial charge >= 0.3 is 5.97 Å². The molecule has 2 aromatic carbocycles. The summed E-state index contributed by atoms with van der Waals surface area (Å²) in [6, 6.07) is 14.7. The number of aromatic nitrogens is 3. The summed E-state index contributed by atoms with van der Waals surface area (Å²) in [6.45, 7) is 5.04. The zero-order chi connectivity index (χ0) is 28.6. The highest BCUT2D eigenvalue weighted by molar-refractivity contribution is 7.99. The third-order valence-electron chi connectivity index (χ3n) is 5.93. The number of methoxy groups -OCH3 is 1. The molecular formula is C28H28Cl2N4O4S2. The van der Waals surface area contributed by atoms with Crippen LogP contribution in [0.1, 0.15) is 34.4 Å². The minimum Gasteiger partial charge on any atom is -0.492 e. The summed E-state index contributed by atoms with van der Waals surface area (Å²) in [7, 11) is 1.33. The highest BCUT2D eigenvalue weighted by atomic mass is 35.5. The van der Waals surface area contributed by atoms with Gasteiger partial charge in [-0.3, -0.25) is 4.79 Å². The predicted molar refractivity (Wildman–Crippen MR) is 161 cm³/mol. The molecule has 0 aliphatic carbocycles. The van der Waals surface area contributed by atoms with Crippen LogP contribution >= 0.6 is 46.3 Å². The molecule has 0 aliphatic heterocycles. The van der Waals surface area contributed by atoms with Crippen LogP contribution in [0, 0.1) is 6.92 Å². The monoisotopic (exact) mass is 618 g/mol. The molecule has 1 N–H and O–H groups in total. The Morgan fingerprint density at radius 3 is 2.60 bits per heavy atom. The number of benzene rings is 2. The maximum Gasteiger partial charge on any atom is 0.341 e. The summed E-state index contributed by atoms with van der Waals surface area (Å²) in [5.41, 5.74) is 2.01. The van der Waals surface area contributed by atoms with Gasteiger partial charge < -0.3 is 19.4 Å². The van der Waals surface area contributed by atoms with Gasteiger partial charge in [0, 0.05) is 28.4 Å². The van der Waals surface area contributed by atoms with Crippen molar-refractivity contribution in [3.8, 4) is 16.9 Å². The van der Waals surface area contributed by atoms with Crippen molar-refractivity contribution in [2.45, 2.75) is 38.4 Å². The van der Waals surface area contributed by atoms with Gasteiger partial charge in [0.25, 0.3) is 0 Å². The van der Waals surface area contributed by atoms with E-state index in [0.29, 0.717) is 57.5 Å². The quantitative estimate of drug-likeness (QED) is 0.102. The SMILES string of the molecule is CCn1c(CCCOc2ccc(Cl)cc2Cl)nnc1SCC(=O)Nc1sc(C)c(-c2ccccc2)c1C(=O)OC. The molecule has 0 saturated carbocycles. The number of nitrogens with one attached hydrogen (secondary N) is 1. The molecule has 12 heteroatoms. The second-order valence-electron chi connectivity index (χ2n) is 8.60. The standard InChI is InChI=1S/C28H28Cl2N4O4S2/c1-4-34-22(11-8-14-38-21-13-12-19(29)15-20(21)30)32-33-28(34)39-16-23(35)31-26-25(27(36)37-3)24(17(2)40-26)18-9-6-5-7-10-18/h5-7,9-10,12-13,15H,4,8,11,14,16H2,1-3H3,(H,31,35). The largest absolute Gasteiger partial charge is 0.492 e. The normalized spacial score (nSPS) is 10.9. The van der Waals surface area contributed by atoms with Gasteiger partial charge in [-0.25, -0.2) is 4.79 Å². The third kappa shape index (κ3) is 7.17. The molecule has 0 atom stereocenters. The maximum absolute atomic E-state index is 12.9. The summed E-state index contributed by atoms with van der Waals surface area (Å²) in [5.74, 6) is 0.748. The highest BCUT2D eigenvalue weighted by Gasteiger charge is 2.25. The van der Waals surface area contributed by atoms with Gasteiger partial charge in [-0.2, -0.15) is 0 Å². The van der Waals surface area contributed by atoms with E-state index >= 15 is 0 Å². The first-order valence-electron chi connectivity index (χ1n) is 12.5. The Hall–Kier alpha value is -3.05. The number of aryl methyl sites for hydroxylation is 2. The lowest BCUT2D eigenvalue weighted by molar-refractivity contribution is -0.113. The number of thioether (sulfide) groups is 1. The average molecular weight is 620 g/mol. The Morgan fingerprint density at radius 2 is 1.90 bits per heavy atom. The van der Waals surface area contributed by atoms with Crippen LogP contribution in [0.3, 0.4) is 0 Å². The van der Waals surface area contributed by atoms with Gasteiger partial charge in [-0.05, 0) is 44.0 Å². The van der Waals surface area contributed by atoms with E-state index in [2.05, 4.69) is 15.5 Å². The molecule has 2 aromatic heterocycles. The molecule has 2 heterocycles. The van der Waals surface area contributed by atoms with E-state index in [4.69, 9.17) is 32.7 Å². The van der Waals surface area contributed by atoms with Gasteiger partial charge in [0.1, 0.15) is 22.1 Å². The van der Waals surface area contributed by atoms with Crippen LogP contribution in [0.4, 0.5) is 5.00 Å². The van der Waals surface area contributed by atoms with Crippen molar-refractivity contribution in [2.24, 2.45) is 0 Å². The van der Waals surface area contributed by atoms with Gasteiger partial charge in [-0.15, -0.1) is 21.5 Å². The Morgan fingerprint density at radius 1 is 1.12 bits per heavy atom. The van der Waals surface area contributed by atoms with E-state index in [1.807, 2.05) is 48.7 Å². The fourth-order valence-corrected chi connectivity index (χ4v) is 6.47. The molecule has 0 fully saturated rings. The van der Waals surface area contributed by atoms with Gasteiger partial charge in [0.05, 0.1) is 24.5 Å². The van der Waals surface area contributed by atoms with E-state index in [9.17, 15) is 9.59 Å². The van der Waals surface area contributed by atoms with Crippen molar-refractivity contribution in [1.29, 1.82) is 0 Å². The van der Waals surface area contributed by atoms with Crippen molar-refractivity contribution in [2.75, 3.05) is 24.8 Å². The average Bonchev–Trinajstić information content (AvgIpc) is 3.50. The van der Waals surface area contributed by atoms with Crippen molar-refractivity contribution in [3.05, 3.63) is 74.8 Å². The van der Waals surface area contributed by atoms with Crippen LogP contribution in [0.15, 0.2) is 53.7 Å². The Labute approximate surface area is 251 Å². The Bertz CT molecular complexity index is 1490. The first-order valence-corrected chi connectivity index (χ1v) is 15.1. The number of carbonyl (C=O) groups is 2. The molecule has 1 amide bonds. The molecule has 4 aromatic rings. The van der Waals surface area contributed by atoms with Gasteiger partial charge in [-0.1, -0.05) is 65.3 Å². The molecular weight excluding hydrogens is 591 g/mol. The lowest BCUT2D eigenvalue weighted by atomic mass is 10.0. The summed E-state index contributed by atoms with van der Waals surface area (Å²) < 4.78 is 12.8. The molecule has 0 bridgehead atoms. The third-order valence-corrected chi connectivity index (χ3v) is 8.45. The number of thiophene rings is 1. The van der Waals surface area contributed by atoms with Crippen molar-refractivity contribution < 1.29 is 19.1 Å². The van der Waals surface area contributed by atoms with Crippen LogP contribution < -0.4 is 10.1 Å². The molecule has 8 nitrogen and oxygen atoms in total. The summed E-state index contributed by atoms with van der Waals surface area (Å²) in [6.07, 6.45) is 1.36. The maximum atomic E-state index is 12.9. The number of amides is 1. The van der Waals surface area contributed by atoms with E-state index < -0.39 is 5.97 Å². The van der Waals surface area contributed by atoms with Crippen molar-refractivity contribution >= 4 is 63.2 Å². The van der Waals surface area contributed by atoms with Crippen LogP contribution in [0.25, 0.3) is 11.1 Å². The van der Waals surface area contributed by atoms with E-state index in [-0.39, 0.29) is 11.7 Å². The first-order chi connectivity index (χ1) is 19.3. The summed E-state index contributed by atoms with van der Waals surface area (Å²) in [4.78, 5) is 26.5. The first kappa shape index (κ1) is 29.9. The molecule has 0 saturated heterocycles. The van der Waals surface area contributed by atoms with E-state index in [1.54, 1.807) is 18.2 Å². The Balaban J connectivity index is 1.37. The zero-order valence-corrected chi connectivity index (χ0v) is 25.3. The van der Waals surface area contributed by atoms with E-state index in [0.717, 1.165) is 21.8 Å². The van der Waals surface area contributed by atoms with Crippen molar-refractivity contribution in [1.82, 2.24) is 14.8 Å². The number of carbonyl (C=O) groups excluding carboxylic acids is 2. The number of esters is 1. The molecule has 0 unspecified atom stereocenters. The molecule has 40 heavy (non-hydrogen) atoms. The number of rotatable bonds is 12. The molecule has 0 aliphatic rings. The smallest absolute Gasteiger partial charge is 0.341 e. The second-order valence-corrected chi connectivity index (χ2v) is 11.6. The number of anilines is 1. The second kappa shape index (κ2) is 14.0.